The van der Waals surface area contributed by atoms with Crippen LogP contribution < -0.4 is 5.32 Å². The first-order valence-electron chi connectivity index (χ1n) is 5.77. The van der Waals surface area contributed by atoms with Crippen LogP contribution in [0.15, 0.2) is 18.2 Å². The highest BCUT2D eigenvalue weighted by molar-refractivity contribution is 6.31. The SMILES string of the molecule is Cc1ccc(CC2(C(=O)O)CCCN2)c(Cl)c1. The van der Waals surface area contributed by atoms with Crippen molar-refractivity contribution in [1.29, 1.82) is 0 Å². The van der Waals surface area contributed by atoms with E-state index in [9.17, 15) is 9.90 Å². The zero-order valence-corrected chi connectivity index (χ0v) is 10.5. The summed E-state index contributed by atoms with van der Waals surface area (Å²) in [5, 5.41) is 13.1. The van der Waals surface area contributed by atoms with E-state index in [-0.39, 0.29) is 0 Å². The number of carbonyl (C=O) groups is 1. The van der Waals surface area contributed by atoms with Crippen LogP contribution in [0.3, 0.4) is 0 Å². The molecular formula is C13H16ClNO2. The molecule has 0 aliphatic carbocycles. The minimum Gasteiger partial charge on any atom is -0.480 e. The topological polar surface area (TPSA) is 49.3 Å². The molecule has 1 aromatic rings. The average Bonchev–Trinajstić information content (AvgIpc) is 2.72. The number of halogens is 1. The molecule has 1 aliphatic heterocycles. The molecule has 1 fully saturated rings. The van der Waals surface area contributed by atoms with Gasteiger partial charge in [-0.1, -0.05) is 23.7 Å². The Morgan fingerprint density at radius 3 is 2.88 bits per heavy atom. The molecule has 4 heteroatoms. The largest absolute Gasteiger partial charge is 0.480 e. The fraction of sp³-hybridized carbons (Fsp3) is 0.462. The number of carboxylic acids is 1. The van der Waals surface area contributed by atoms with Crippen molar-refractivity contribution in [2.75, 3.05) is 6.54 Å². The van der Waals surface area contributed by atoms with Crippen LogP contribution in [0, 0.1) is 6.92 Å². The minimum atomic E-state index is -0.834. The molecule has 3 nitrogen and oxygen atoms in total. The van der Waals surface area contributed by atoms with Gasteiger partial charge in [0.1, 0.15) is 5.54 Å². The summed E-state index contributed by atoms with van der Waals surface area (Å²) in [4.78, 5) is 11.4. The Hall–Kier alpha value is -1.06. The Bertz CT molecular complexity index is 439. The van der Waals surface area contributed by atoms with E-state index in [1.54, 1.807) is 0 Å². The molecule has 0 amide bonds. The summed E-state index contributed by atoms with van der Waals surface area (Å²) in [6.07, 6.45) is 2.00. The van der Waals surface area contributed by atoms with Gasteiger partial charge in [-0.15, -0.1) is 0 Å². The maximum absolute atomic E-state index is 11.4. The van der Waals surface area contributed by atoms with Crippen LogP contribution in [0.5, 0.6) is 0 Å². The highest BCUT2D eigenvalue weighted by Crippen LogP contribution is 2.28. The standard InChI is InChI=1S/C13H16ClNO2/c1-9-3-4-10(11(14)7-9)8-13(12(16)17)5-2-6-15-13/h3-4,7,15H,2,5-6,8H2,1H3,(H,16,17). The number of carboxylic acid groups (broad SMARTS) is 1. The van der Waals surface area contributed by atoms with Gasteiger partial charge in [0.15, 0.2) is 0 Å². The monoisotopic (exact) mass is 253 g/mol. The van der Waals surface area contributed by atoms with Crippen molar-refractivity contribution in [3.05, 3.63) is 34.3 Å². The van der Waals surface area contributed by atoms with Gasteiger partial charge in [0.2, 0.25) is 0 Å². The van der Waals surface area contributed by atoms with Gasteiger partial charge in [0.05, 0.1) is 0 Å². The van der Waals surface area contributed by atoms with Gasteiger partial charge in [0.25, 0.3) is 0 Å². The van der Waals surface area contributed by atoms with Crippen molar-refractivity contribution in [2.45, 2.75) is 31.7 Å². The van der Waals surface area contributed by atoms with Crippen molar-refractivity contribution >= 4 is 17.6 Å². The van der Waals surface area contributed by atoms with Crippen LogP contribution in [0.1, 0.15) is 24.0 Å². The van der Waals surface area contributed by atoms with E-state index in [0.29, 0.717) is 17.9 Å². The fourth-order valence-electron chi connectivity index (χ4n) is 2.34. The lowest BCUT2D eigenvalue weighted by molar-refractivity contribution is -0.144. The van der Waals surface area contributed by atoms with Crippen LogP contribution in [0.25, 0.3) is 0 Å². The van der Waals surface area contributed by atoms with Gasteiger partial charge >= 0.3 is 5.97 Å². The molecule has 0 bridgehead atoms. The molecule has 2 N–H and O–H groups in total. The Morgan fingerprint density at radius 2 is 2.35 bits per heavy atom. The zero-order valence-electron chi connectivity index (χ0n) is 9.79. The van der Waals surface area contributed by atoms with E-state index in [1.165, 1.54) is 0 Å². The molecule has 1 saturated heterocycles. The van der Waals surface area contributed by atoms with Crippen molar-refractivity contribution in [1.82, 2.24) is 5.32 Å². The van der Waals surface area contributed by atoms with Gasteiger partial charge in [-0.2, -0.15) is 0 Å². The Balaban J connectivity index is 2.26. The van der Waals surface area contributed by atoms with E-state index in [2.05, 4.69) is 5.32 Å². The molecule has 1 atom stereocenters. The molecule has 1 unspecified atom stereocenters. The van der Waals surface area contributed by atoms with Gasteiger partial charge in [-0.3, -0.25) is 4.79 Å². The predicted octanol–water partition coefficient (Wildman–Crippen LogP) is 2.40. The molecule has 92 valence electrons. The second-order valence-corrected chi connectivity index (χ2v) is 5.10. The third-order valence-electron chi connectivity index (χ3n) is 3.35. The number of aliphatic carboxylic acids is 1. The molecule has 0 spiro atoms. The van der Waals surface area contributed by atoms with Gasteiger partial charge in [-0.05, 0) is 43.5 Å². The quantitative estimate of drug-likeness (QED) is 0.870. The fourth-order valence-corrected chi connectivity index (χ4v) is 2.64. The molecule has 0 saturated carbocycles. The number of hydrogen-bond acceptors (Lipinski definition) is 2. The summed E-state index contributed by atoms with van der Waals surface area (Å²) >= 11 is 6.15. The van der Waals surface area contributed by atoms with Gasteiger partial charge in [0, 0.05) is 11.4 Å². The van der Waals surface area contributed by atoms with E-state index < -0.39 is 11.5 Å². The Kier molecular flexibility index (Phi) is 3.40. The first-order valence-corrected chi connectivity index (χ1v) is 6.15. The Morgan fingerprint density at radius 1 is 1.59 bits per heavy atom. The first kappa shape index (κ1) is 12.4. The average molecular weight is 254 g/mol. The van der Waals surface area contributed by atoms with E-state index in [1.807, 2.05) is 25.1 Å². The normalized spacial score (nSPS) is 23.9. The van der Waals surface area contributed by atoms with Gasteiger partial charge in [-0.25, -0.2) is 0 Å². The lowest BCUT2D eigenvalue weighted by Crippen LogP contribution is -2.49. The molecular weight excluding hydrogens is 238 g/mol. The lowest BCUT2D eigenvalue weighted by Gasteiger charge is -2.25. The van der Waals surface area contributed by atoms with Crippen molar-refractivity contribution < 1.29 is 9.90 Å². The maximum atomic E-state index is 11.4. The summed E-state index contributed by atoms with van der Waals surface area (Å²) in [6, 6.07) is 5.76. The predicted molar refractivity (Wildman–Crippen MR) is 67.5 cm³/mol. The lowest BCUT2D eigenvalue weighted by atomic mass is 9.89. The summed E-state index contributed by atoms with van der Waals surface area (Å²) in [6.45, 7) is 2.73. The molecule has 1 heterocycles. The zero-order chi connectivity index (χ0) is 12.5. The van der Waals surface area contributed by atoms with Gasteiger partial charge < -0.3 is 10.4 Å². The summed E-state index contributed by atoms with van der Waals surface area (Å²) in [7, 11) is 0. The van der Waals surface area contributed by atoms with Crippen LogP contribution in [0.2, 0.25) is 5.02 Å². The van der Waals surface area contributed by atoms with Crippen LogP contribution in [-0.4, -0.2) is 23.2 Å². The first-order chi connectivity index (χ1) is 8.03. The highest BCUT2D eigenvalue weighted by Gasteiger charge is 2.41. The number of benzene rings is 1. The molecule has 0 aromatic heterocycles. The third kappa shape index (κ3) is 2.45. The molecule has 17 heavy (non-hydrogen) atoms. The van der Waals surface area contributed by atoms with Crippen molar-refractivity contribution in [3.63, 3.8) is 0 Å². The van der Waals surface area contributed by atoms with Crippen molar-refractivity contribution in [3.8, 4) is 0 Å². The number of nitrogens with one attached hydrogen (secondary N) is 1. The van der Waals surface area contributed by atoms with Crippen LogP contribution >= 0.6 is 11.6 Å². The van der Waals surface area contributed by atoms with Crippen molar-refractivity contribution in [2.24, 2.45) is 0 Å². The highest BCUT2D eigenvalue weighted by atomic mass is 35.5. The molecule has 2 rings (SSSR count). The second-order valence-electron chi connectivity index (χ2n) is 4.69. The minimum absolute atomic E-state index is 0.446. The third-order valence-corrected chi connectivity index (χ3v) is 3.71. The summed E-state index contributed by atoms with van der Waals surface area (Å²) < 4.78 is 0. The smallest absolute Gasteiger partial charge is 0.324 e. The Labute approximate surface area is 106 Å². The number of aryl methyl sites for hydroxylation is 1. The van der Waals surface area contributed by atoms with E-state index in [0.717, 1.165) is 24.1 Å². The van der Waals surface area contributed by atoms with Crippen LogP contribution in [-0.2, 0) is 11.2 Å². The number of rotatable bonds is 3. The maximum Gasteiger partial charge on any atom is 0.324 e. The van der Waals surface area contributed by atoms with E-state index >= 15 is 0 Å². The second kappa shape index (κ2) is 4.67. The molecule has 0 radical (unpaired) electrons. The molecule has 1 aliphatic rings. The summed E-state index contributed by atoms with van der Waals surface area (Å²) in [5.41, 5.74) is 1.15. The number of hydrogen-bond donors (Lipinski definition) is 2. The summed E-state index contributed by atoms with van der Waals surface area (Å²) in [5.74, 6) is -0.786. The van der Waals surface area contributed by atoms with Crippen LogP contribution in [0.4, 0.5) is 0 Å². The van der Waals surface area contributed by atoms with E-state index in [4.69, 9.17) is 11.6 Å². The molecule has 1 aromatic carbocycles.